The number of amides is 3. The molecule has 0 heterocycles. The van der Waals surface area contributed by atoms with Gasteiger partial charge in [0, 0.05) is 5.54 Å². The van der Waals surface area contributed by atoms with Crippen LogP contribution in [0.4, 0.5) is 4.79 Å². The van der Waals surface area contributed by atoms with E-state index < -0.39 is 41.1 Å². The summed E-state index contributed by atoms with van der Waals surface area (Å²) in [6.45, 7) is 15.6. The van der Waals surface area contributed by atoms with Gasteiger partial charge in [0.05, 0.1) is 6.07 Å². The van der Waals surface area contributed by atoms with Gasteiger partial charge >= 0.3 is 6.09 Å². The summed E-state index contributed by atoms with van der Waals surface area (Å²) in [7, 11) is 0. The van der Waals surface area contributed by atoms with Gasteiger partial charge in [-0.3, -0.25) is 9.59 Å². The molecule has 0 aliphatic rings. The van der Waals surface area contributed by atoms with Crippen LogP contribution in [0, 0.1) is 25.2 Å². The summed E-state index contributed by atoms with van der Waals surface area (Å²) in [5.41, 5.74) is 1.18. The van der Waals surface area contributed by atoms with Gasteiger partial charge in [0.1, 0.15) is 24.2 Å². The predicted molar refractivity (Wildman–Crippen MR) is 123 cm³/mol. The third-order valence-electron chi connectivity index (χ3n) is 4.41. The zero-order valence-corrected chi connectivity index (χ0v) is 20.6. The SMILES string of the molecule is Cc1ccc(C(C(=O)NC(C)(C)C)N(CC#N)C(=O)C(C)NC(=O)OC(C)(C)C)c(C)c1. The van der Waals surface area contributed by atoms with Gasteiger partial charge in [0.25, 0.3) is 0 Å². The lowest BCUT2D eigenvalue weighted by Crippen LogP contribution is -2.54. The number of ether oxygens (including phenoxy) is 1. The van der Waals surface area contributed by atoms with Crippen LogP contribution in [-0.2, 0) is 14.3 Å². The van der Waals surface area contributed by atoms with Crippen molar-refractivity contribution in [2.24, 2.45) is 0 Å². The average Bonchev–Trinajstić information content (AvgIpc) is 2.59. The summed E-state index contributed by atoms with van der Waals surface area (Å²) in [5, 5.41) is 14.8. The van der Waals surface area contributed by atoms with Crippen LogP contribution in [0.1, 0.15) is 71.2 Å². The molecule has 8 nitrogen and oxygen atoms in total. The first-order valence-corrected chi connectivity index (χ1v) is 10.6. The second kappa shape index (κ2) is 10.5. The largest absolute Gasteiger partial charge is 0.444 e. The standard InChI is InChI=1S/C24H36N4O4/c1-15-10-11-18(16(2)14-15)19(20(29)27-23(4,5)6)28(13-12-25)21(30)17(3)26-22(31)32-24(7,8)9/h10-11,14,17,19H,13H2,1-9H3,(H,26,31)(H,27,29). The van der Waals surface area contributed by atoms with Gasteiger partial charge in [0.15, 0.2) is 0 Å². The van der Waals surface area contributed by atoms with Crippen LogP contribution in [-0.4, -0.2) is 46.5 Å². The molecule has 32 heavy (non-hydrogen) atoms. The summed E-state index contributed by atoms with van der Waals surface area (Å²) in [6, 6.07) is 5.50. The Morgan fingerprint density at radius 2 is 1.72 bits per heavy atom. The topological polar surface area (TPSA) is 112 Å². The second-order valence-electron chi connectivity index (χ2n) is 9.99. The number of hydrogen-bond donors (Lipinski definition) is 2. The van der Waals surface area contributed by atoms with Gasteiger partial charge < -0.3 is 20.3 Å². The maximum Gasteiger partial charge on any atom is 0.408 e. The minimum Gasteiger partial charge on any atom is -0.444 e. The average molecular weight is 445 g/mol. The number of nitrogens with one attached hydrogen (secondary N) is 2. The molecule has 0 radical (unpaired) electrons. The van der Waals surface area contributed by atoms with Gasteiger partial charge in [-0.2, -0.15) is 5.26 Å². The Morgan fingerprint density at radius 1 is 1.12 bits per heavy atom. The van der Waals surface area contributed by atoms with E-state index in [1.165, 1.54) is 11.8 Å². The summed E-state index contributed by atoms with van der Waals surface area (Å²) in [6.07, 6.45) is -0.752. The van der Waals surface area contributed by atoms with E-state index in [1.54, 1.807) is 26.8 Å². The van der Waals surface area contributed by atoms with Crippen LogP contribution in [0.3, 0.4) is 0 Å². The quantitative estimate of drug-likeness (QED) is 0.652. The number of nitriles is 1. The number of benzene rings is 1. The number of rotatable bonds is 6. The fourth-order valence-electron chi connectivity index (χ4n) is 3.19. The van der Waals surface area contributed by atoms with Crippen molar-refractivity contribution in [2.45, 2.75) is 85.5 Å². The first-order valence-electron chi connectivity index (χ1n) is 10.6. The molecule has 0 saturated heterocycles. The maximum absolute atomic E-state index is 13.3. The van der Waals surface area contributed by atoms with E-state index in [0.29, 0.717) is 5.56 Å². The molecule has 0 fully saturated rings. The van der Waals surface area contributed by atoms with Crippen LogP contribution in [0.5, 0.6) is 0 Å². The van der Waals surface area contributed by atoms with Gasteiger partial charge in [-0.25, -0.2) is 4.79 Å². The van der Waals surface area contributed by atoms with Crippen LogP contribution in [0.15, 0.2) is 18.2 Å². The highest BCUT2D eigenvalue weighted by Crippen LogP contribution is 2.27. The highest BCUT2D eigenvalue weighted by molar-refractivity contribution is 5.92. The molecule has 0 aliphatic heterocycles. The lowest BCUT2D eigenvalue weighted by atomic mass is 9.95. The maximum atomic E-state index is 13.3. The van der Waals surface area contributed by atoms with Crippen molar-refractivity contribution in [3.05, 3.63) is 34.9 Å². The summed E-state index contributed by atoms with van der Waals surface area (Å²) in [4.78, 5) is 40.0. The minimum absolute atomic E-state index is 0.325. The molecule has 0 bridgehead atoms. The van der Waals surface area contributed by atoms with E-state index in [2.05, 4.69) is 10.6 Å². The van der Waals surface area contributed by atoms with Crippen molar-refractivity contribution in [3.8, 4) is 6.07 Å². The fraction of sp³-hybridized carbons (Fsp3) is 0.583. The van der Waals surface area contributed by atoms with Crippen LogP contribution >= 0.6 is 0 Å². The predicted octanol–water partition coefficient (Wildman–Crippen LogP) is 3.52. The van der Waals surface area contributed by atoms with Crippen molar-refractivity contribution in [1.82, 2.24) is 15.5 Å². The fourth-order valence-corrected chi connectivity index (χ4v) is 3.19. The summed E-state index contributed by atoms with van der Waals surface area (Å²) >= 11 is 0. The molecule has 8 heteroatoms. The summed E-state index contributed by atoms with van der Waals surface area (Å²) in [5.74, 6) is -0.969. The van der Waals surface area contributed by atoms with Crippen molar-refractivity contribution in [2.75, 3.05) is 6.54 Å². The molecule has 176 valence electrons. The molecular weight excluding hydrogens is 408 g/mol. The molecule has 2 N–H and O–H groups in total. The van der Waals surface area contributed by atoms with Gasteiger partial charge in [-0.1, -0.05) is 23.8 Å². The van der Waals surface area contributed by atoms with Gasteiger partial charge in [-0.15, -0.1) is 0 Å². The zero-order valence-electron chi connectivity index (χ0n) is 20.6. The Labute approximate surface area is 191 Å². The van der Waals surface area contributed by atoms with Crippen molar-refractivity contribution in [3.63, 3.8) is 0 Å². The number of carbonyl (C=O) groups excluding carboxylic acids is 3. The van der Waals surface area contributed by atoms with E-state index >= 15 is 0 Å². The second-order valence-corrected chi connectivity index (χ2v) is 9.99. The normalized spacial score (nSPS) is 13.4. The van der Waals surface area contributed by atoms with Crippen molar-refractivity contribution >= 4 is 17.9 Å². The van der Waals surface area contributed by atoms with Crippen LogP contribution in [0.2, 0.25) is 0 Å². The smallest absolute Gasteiger partial charge is 0.408 e. The number of nitrogens with zero attached hydrogens (tertiary/aromatic N) is 2. The van der Waals surface area contributed by atoms with E-state index in [4.69, 9.17) is 4.74 Å². The first kappa shape index (κ1) is 27.0. The number of aryl methyl sites for hydroxylation is 2. The van der Waals surface area contributed by atoms with E-state index in [9.17, 15) is 19.6 Å². The highest BCUT2D eigenvalue weighted by Gasteiger charge is 2.36. The number of carbonyl (C=O) groups is 3. The first-order chi connectivity index (χ1) is 14.6. The van der Waals surface area contributed by atoms with Crippen molar-refractivity contribution < 1.29 is 19.1 Å². The molecule has 3 amide bonds. The van der Waals surface area contributed by atoms with Gasteiger partial charge in [-0.05, 0) is 73.4 Å². The number of alkyl carbamates (subject to hydrolysis) is 1. The molecule has 1 rings (SSSR count). The lowest BCUT2D eigenvalue weighted by Gasteiger charge is -2.34. The van der Waals surface area contributed by atoms with Gasteiger partial charge in [0.2, 0.25) is 11.8 Å². The minimum atomic E-state index is -1.04. The third-order valence-corrected chi connectivity index (χ3v) is 4.41. The molecule has 1 aromatic carbocycles. The molecule has 0 saturated carbocycles. The Balaban J connectivity index is 3.37. The summed E-state index contributed by atoms with van der Waals surface area (Å²) < 4.78 is 5.22. The van der Waals surface area contributed by atoms with Crippen molar-refractivity contribution in [1.29, 1.82) is 5.26 Å². The highest BCUT2D eigenvalue weighted by atomic mass is 16.6. The zero-order chi connectivity index (χ0) is 24.9. The molecule has 2 unspecified atom stereocenters. The molecule has 0 spiro atoms. The lowest BCUT2D eigenvalue weighted by molar-refractivity contribution is -0.142. The van der Waals surface area contributed by atoms with Crippen LogP contribution in [0.25, 0.3) is 0 Å². The van der Waals surface area contributed by atoms with E-state index in [1.807, 2.05) is 52.8 Å². The Hall–Kier alpha value is -3.08. The molecule has 0 aromatic heterocycles. The Bertz CT molecular complexity index is 891. The Morgan fingerprint density at radius 3 is 2.19 bits per heavy atom. The monoisotopic (exact) mass is 444 g/mol. The van der Waals surface area contributed by atoms with E-state index in [0.717, 1.165) is 11.1 Å². The number of hydrogen-bond acceptors (Lipinski definition) is 5. The Kier molecular flexibility index (Phi) is 8.84. The third kappa shape index (κ3) is 8.22. The molecule has 2 atom stereocenters. The molecular formula is C24H36N4O4. The molecule has 1 aromatic rings. The molecule has 0 aliphatic carbocycles. The van der Waals surface area contributed by atoms with E-state index in [-0.39, 0.29) is 6.54 Å². The van der Waals surface area contributed by atoms with Crippen LogP contribution < -0.4 is 10.6 Å².